The van der Waals surface area contributed by atoms with E-state index in [1.807, 2.05) is 0 Å². The van der Waals surface area contributed by atoms with Crippen LogP contribution in [0.15, 0.2) is 34.1 Å². The Morgan fingerprint density at radius 1 is 1.36 bits per heavy atom. The molecule has 1 amide bonds. The second-order valence-corrected chi connectivity index (χ2v) is 5.45. The van der Waals surface area contributed by atoms with Crippen molar-refractivity contribution in [1.82, 2.24) is 4.57 Å². The topological polar surface area (TPSA) is 98.0 Å². The summed E-state index contributed by atoms with van der Waals surface area (Å²) in [4.78, 5) is 38.8. The normalized spacial score (nSPS) is 13.0. The SMILES string of the molecule is COC(=O)Cn1c(O)c(C2=c3ccccc3=NC2=O)sc1=O. The maximum atomic E-state index is 12.1. The van der Waals surface area contributed by atoms with E-state index in [1.54, 1.807) is 24.3 Å². The second-order valence-electron chi connectivity index (χ2n) is 4.49. The number of nitrogens with zero attached hydrogens (tertiary/aromatic N) is 2. The van der Waals surface area contributed by atoms with Gasteiger partial charge in [-0.25, -0.2) is 4.99 Å². The highest BCUT2D eigenvalue weighted by Gasteiger charge is 2.26. The molecule has 0 atom stereocenters. The number of hydrogen-bond donors (Lipinski definition) is 1. The van der Waals surface area contributed by atoms with Crippen molar-refractivity contribution in [3.8, 4) is 5.88 Å². The molecule has 0 spiro atoms. The van der Waals surface area contributed by atoms with E-state index in [0.717, 1.165) is 4.57 Å². The molecular weight excluding hydrogens is 308 g/mol. The molecule has 8 heteroatoms. The van der Waals surface area contributed by atoms with Gasteiger partial charge in [-0.2, -0.15) is 0 Å². The van der Waals surface area contributed by atoms with Crippen LogP contribution in [0.5, 0.6) is 5.88 Å². The zero-order valence-electron chi connectivity index (χ0n) is 11.4. The highest BCUT2D eigenvalue weighted by atomic mass is 32.1. The number of aromatic hydroxyl groups is 1. The molecule has 0 saturated heterocycles. The number of esters is 1. The lowest BCUT2D eigenvalue weighted by atomic mass is 10.1. The molecule has 1 aliphatic rings. The fourth-order valence-corrected chi connectivity index (χ4v) is 3.11. The molecule has 1 aromatic heterocycles. The predicted octanol–water partition coefficient (Wildman–Crippen LogP) is -0.853. The average Bonchev–Trinajstić information content (AvgIpc) is 2.97. The third-order valence-electron chi connectivity index (χ3n) is 3.22. The third-order valence-corrected chi connectivity index (χ3v) is 4.21. The molecule has 3 rings (SSSR count). The van der Waals surface area contributed by atoms with Crippen molar-refractivity contribution in [2.24, 2.45) is 4.99 Å². The summed E-state index contributed by atoms with van der Waals surface area (Å²) in [5.41, 5.74) is 0.166. The van der Waals surface area contributed by atoms with Crippen molar-refractivity contribution in [2.45, 2.75) is 6.54 Å². The van der Waals surface area contributed by atoms with Crippen LogP contribution in [-0.4, -0.2) is 28.7 Å². The first-order valence-electron chi connectivity index (χ1n) is 6.25. The first-order chi connectivity index (χ1) is 10.5. The van der Waals surface area contributed by atoms with Gasteiger partial charge in [-0.15, -0.1) is 0 Å². The van der Waals surface area contributed by atoms with Gasteiger partial charge in [0.2, 0.25) is 5.88 Å². The van der Waals surface area contributed by atoms with Crippen molar-refractivity contribution in [3.05, 3.63) is 49.4 Å². The number of amides is 1. The summed E-state index contributed by atoms with van der Waals surface area (Å²) < 4.78 is 5.35. The van der Waals surface area contributed by atoms with Gasteiger partial charge in [-0.1, -0.05) is 29.5 Å². The summed E-state index contributed by atoms with van der Waals surface area (Å²) >= 11 is 0.690. The first kappa shape index (κ1) is 14.2. The maximum Gasteiger partial charge on any atom is 0.325 e. The molecule has 0 fully saturated rings. The maximum absolute atomic E-state index is 12.1. The molecule has 0 unspecified atom stereocenters. The number of aromatic nitrogens is 1. The molecule has 1 N–H and O–H groups in total. The third kappa shape index (κ3) is 2.13. The lowest BCUT2D eigenvalue weighted by Crippen LogP contribution is -2.22. The van der Waals surface area contributed by atoms with Crippen LogP contribution in [0.25, 0.3) is 5.57 Å². The van der Waals surface area contributed by atoms with E-state index in [2.05, 4.69) is 9.73 Å². The molecule has 1 aliphatic heterocycles. The van der Waals surface area contributed by atoms with Crippen molar-refractivity contribution < 1.29 is 19.4 Å². The van der Waals surface area contributed by atoms with Crippen LogP contribution >= 0.6 is 11.3 Å². The Hall–Kier alpha value is -2.74. The van der Waals surface area contributed by atoms with Crippen molar-refractivity contribution >= 4 is 28.8 Å². The van der Waals surface area contributed by atoms with Crippen LogP contribution in [-0.2, 0) is 20.9 Å². The van der Waals surface area contributed by atoms with E-state index in [0.29, 0.717) is 21.9 Å². The lowest BCUT2D eigenvalue weighted by molar-refractivity contribution is -0.141. The zero-order valence-corrected chi connectivity index (χ0v) is 12.2. The largest absolute Gasteiger partial charge is 0.493 e. The summed E-state index contributed by atoms with van der Waals surface area (Å²) in [5, 5.41) is 11.2. The molecule has 1 aromatic carbocycles. The molecule has 0 aliphatic carbocycles. The fraction of sp³-hybridized carbons (Fsp3) is 0.143. The smallest absolute Gasteiger partial charge is 0.325 e. The average molecular weight is 318 g/mol. The van der Waals surface area contributed by atoms with Crippen LogP contribution in [0.4, 0.5) is 0 Å². The molecule has 112 valence electrons. The van der Waals surface area contributed by atoms with E-state index < -0.39 is 29.2 Å². The highest BCUT2D eigenvalue weighted by molar-refractivity contribution is 7.11. The van der Waals surface area contributed by atoms with E-state index in [4.69, 9.17) is 0 Å². The summed E-state index contributed by atoms with van der Waals surface area (Å²) in [5.74, 6) is -1.63. The molecule has 2 heterocycles. The van der Waals surface area contributed by atoms with Crippen LogP contribution in [0.2, 0.25) is 0 Å². The number of thiazole rings is 1. The Morgan fingerprint density at radius 2 is 2.09 bits per heavy atom. The molecule has 0 radical (unpaired) electrons. The molecule has 7 nitrogen and oxygen atoms in total. The minimum Gasteiger partial charge on any atom is -0.493 e. The molecular formula is C14H10N2O5S. The van der Waals surface area contributed by atoms with Gasteiger partial charge in [0.15, 0.2) is 0 Å². The summed E-state index contributed by atoms with van der Waals surface area (Å²) in [6.45, 7) is -0.419. The van der Waals surface area contributed by atoms with E-state index in [1.165, 1.54) is 7.11 Å². The number of methoxy groups -OCH3 is 1. The number of fused-ring (bicyclic) bond motifs is 1. The van der Waals surface area contributed by atoms with E-state index >= 15 is 0 Å². The monoisotopic (exact) mass is 318 g/mol. The van der Waals surface area contributed by atoms with Crippen molar-refractivity contribution in [1.29, 1.82) is 0 Å². The number of hydrogen-bond acceptors (Lipinski definition) is 6. The standard InChI is InChI=1S/C14H10N2O5S/c1-21-9(17)6-16-13(19)11(22-14(16)20)10-7-4-2-3-5-8(7)15-12(10)18/h2-5,19H,6H2,1H3. The summed E-state index contributed by atoms with van der Waals surface area (Å²) in [6.07, 6.45) is 0. The Balaban J connectivity index is 2.22. The van der Waals surface area contributed by atoms with Gasteiger partial charge in [0.1, 0.15) is 11.4 Å². The number of para-hydroxylation sites is 1. The molecule has 2 aromatic rings. The van der Waals surface area contributed by atoms with Crippen LogP contribution in [0, 0.1) is 0 Å². The fourth-order valence-electron chi connectivity index (χ4n) is 2.18. The Bertz CT molecular complexity index is 970. The lowest BCUT2D eigenvalue weighted by Gasteiger charge is -2.02. The Morgan fingerprint density at radius 3 is 2.82 bits per heavy atom. The quantitative estimate of drug-likeness (QED) is 0.743. The molecule has 0 saturated carbocycles. The summed E-state index contributed by atoms with van der Waals surface area (Å²) in [6, 6.07) is 6.83. The van der Waals surface area contributed by atoms with Gasteiger partial charge >= 0.3 is 10.8 Å². The van der Waals surface area contributed by atoms with Crippen LogP contribution in [0.3, 0.4) is 0 Å². The number of carbonyl (C=O) groups excluding carboxylic acids is 2. The molecule has 22 heavy (non-hydrogen) atoms. The predicted molar refractivity (Wildman–Crippen MR) is 77.0 cm³/mol. The van der Waals surface area contributed by atoms with Crippen molar-refractivity contribution in [3.63, 3.8) is 0 Å². The van der Waals surface area contributed by atoms with Crippen LogP contribution < -0.4 is 15.4 Å². The van der Waals surface area contributed by atoms with E-state index in [9.17, 15) is 19.5 Å². The second kappa shape index (κ2) is 5.23. The van der Waals surface area contributed by atoms with E-state index in [-0.39, 0.29) is 10.5 Å². The van der Waals surface area contributed by atoms with Crippen LogP contribution in [0.1, 0.15) is 4.88 Å². The number of benzene rings is 1. The number of rotatable bonds is 3. The van der Waals surface area contributed by atoms with Gasteiger partial charge in [-0.3, -0.25) is 19.0 Å². The zero-order chi connectivity index (χ0) is 15.9. The van der Waals surface area contributed by atoms with Gasteiger partial charge in [0.25, 0.3) is 5.91 Å². The highest BCUT2D eigenvalue weighted by Crippen LogP contribution is 2.28. The Labute approximate surface area is 127 Å². The first-order valence-corrected chi connectivity index (χ1v) is 7.06. The number of carbonyl (C=O) groups is 2. The van der Waals surface area contributed by atoms with Gasteiger partial charge in [-0.05, 0) is 6.07 Å². The molecule has 0 bridgehead atoms. The van der Waals surface area contributed by atoms with Gasteiger partial charge < -0.3 is 9.84 Å². The van der Waals surface area contributed by atoms with Gasteiger partial charge in [0, 0.05) is 5.22 Å². The summed E-state index contributed by atoms with van der Waals surface area (Å²) in [7, 11) is 1.18. The van der Waals surface area contributed by atoms with Crippen molar-refractivity contribution in [2.75, 3.05) is 7.11 Å². The van der Waals surface area contributed by atoms with Gasteiger partial charge in [0.05, 0.1) is 18.0 Å². The minimum absolute atomic E-state index is 0.104. The Kier molecular flexibility index (Phi) is 3.38. The number of ether oxygens (including phenoxy) is 1. The minimum atomic E-state index is -0.672.